The molecule has 58 heavy (non-hydrogen) atoms. The van der Waals surface area contributed by atoms with Gasteiger partial charge in [-0.05, 0) is 109 Å². The molecule has 1 aromatic heterocycles. The van der Waals surface area contributed by atoms with Crippen molar-refractivity contribution in [3.63, 3.8) is 0 Å². The Balaban J connectivity index is 1.07. The first-order chi connectivity index (χ1) is 27.8. The monoisotopic (exact) mass is 819 g/mol. The molecule has 3 N–H and O–H groups in total. The summed E-state index contributed by atoms with van der Waals surface area (Å²) >= 11 is 0. The highest BCUT2D eigenvalue weighted by molar-refractivity contribution is 7.91. The molecular weight excluding hydrogens is 766 g/mol. The molecule has 5 atom stereocenters. The van der Waals surface area contributed by atoms with Gasteiger partial charge in [0.2, 0.25) is 21.8 Å². The third-order valence-electron chi connectivity index (χ3n) is 14.1. The number of nitrogens with zero attached hydrogens (tertiary/aromatic N) is 2. The van der Waals surface area contributed by atoms with Crippen LogP contribution < -0.4 is 20.1 Å². The van der Waals surface area contributed by atoms with E-state index in [0.29, 0.717) is 73.7 Å². The number of hydrogen-bond donors (Lipinski definition) is 3. The third kappa shape index (κ3) is 7.12. The molecule has 15 heteroatoms. The number of amides is 4. The van der Waals surface area contributed by atoms with Crippen LogP contribution in [0.5, 0.6) is 5.75 Å². The minimum Gasteiger partial charge on any atom is -0.483 e. The quantitative estimate of drug-likeness (QED) is 0.308. The number of hydrogen-bond acceptors (Lipinski definition) is 9. The van der Waals surface area contributed by atoms with E-state index in [1.54, 1.807) is 13.0 Å². The van der Waals surface area contributed by atoms with E-state index < -0.39 is 73.5 Å². The van der Waals surface area contributed by atoms with E-state index in [1.807, 2.05) is 18.2 Å². The number of aromatic nitrogens is 1. The van der Waals surface area contributed by atoms with Crippen molar-refractivity contribution in [3.8, 4) is 5.75 Å². The van der Waals surface area contributed by atoms with E-state index in [1.165, 1.54) is 11.0 Å². The van der Waals surface area contributed by atoms with Gasteiger partial charge in [0, 0.05) is 29.2 Å². The summed E-state index contributed by atoms with van der Waals surface area (Å²) in [5, 5.41) is 6.56. The second-order valence-corrected chi connectivity index (χ2v) is 20.4. The van der Waals surface area contributed by atoms with Crippen molar-refractivity contribution in [2.75, 3.05) is 6.54 Å². The molecule has 0 radical (unpaired) electrons. The number of halogens is 1. The van der Waals surface area contributed by atoms with Gasteiger partial charge in [0.15, 0.2) is 0 Å². The van der Waals surface area contributed by atoms with Crippen LogP contribution in [0.4, 0.5) is 9.18 Å². The van der Waals surface area contributed by atoms with Gasteiger partial charge in [-0.3, -0.25) is 19.1 Å². The average molecular weight is 820 g/mol. The molecule has 1 aromatic carbocycles. The van der Waals surface area contributed by atoms with Gasteiger partial charge in [-0.2, -0.15) is 0 Å². The Labute approximate surface area is 338 Å². The van der Waals surface area contributed by atoms with Crippen LogP contribution in [-0.2, 0) is 35.6 Å². The molecule has 7 aliphatic rings. The molecule has 0 bridgehead atoms. The molecule has 4 heterocycles. The van der Waals surface area contributed by atoms with E-state index in [-0.39, 0.29) is 31.4 Å². The predicted octanol–water partition coefficient (Wildman–Crippen LogP) is 5.74. The Bertz CT molecular complexity index is 2170. The zero-order chi connectivity index (χ0) is 40.5. The maximum atomic E-state index is 15.1. The van der Waals surface area contributed by atoms with Gasteiger partial charge in [-0.15, -0.1) is 0 Å². The predicted molar refractivity (Wildman–Crippen MR) is 212 cm³/mol. The minimum absolute atomic E-state index is 0.0275. The number of nitrogens with one attached hydrogen (secondary N) is 3. The first-order valence-corrected chi connectivity index (χ1v) is 22.9. The molecule has 1 spiro atoms. The van der Waals surface area contributed by atoms with E-state index in [0.717, 1.165) is 56.9 Å². The Morgan fingerprint density at radius 3 is 2.50 bits per heavy atom. The summed E-state index contributed by atoms with van der Waals surface area (Å²) in [5.74, 6) is -1.98. The number of sulfonamides is 1. The Hall–Kier alpha value is -4.27. The summed E-state index contributed by atoms with van der Waals surface area (Å²) in [6.07, 6.45) is 14.2. The number of allylic oxidation sites excluding steroid dienone is 1. The molecule has 5 fully saturated rings. The Morgan fingerprint density at radius 2 is 1.78 bits per heavy atom. The molecule has 9 rings (SSSR count). The van der Waals surface area contributed by atoms with Gasteiger partial charge in [0.1, 0.15) is 46.4 Å². The van der Waals surface area contributed by atoms with E-state index >= 15 is 4.39 Å². The first-order valence-electron chi connectivity index (χ1n) is 21.4. The van der Waals surface area contributed by atoms with Crippen LogP contribution in [0, 0.1) is 11.7 Å². The van der Waals surface area contributed by atoms with Gasteiger partial charge in [0.05, 0.1) is 17.0 Å². The fourth-order valence-electron chi connectivity index (χ4n) is 9.88. The first kappa shape index (κ1) is 39.2. The lowest BCUT2D eigenvalue weighted by Gasteiger charge is -2.48. The number of ether oxygens (including phenoxy) is 2. The number of pyridine rings is 1. The van der Waals surface area contributed by atoms with Crippen LogP contribution in [0.25, 0.3) is 10.9 Å². The van der Waals surface area contributed by atoms with Crippen molar-refractivity contribution < 1.29 is 41.5 Å². The summed E-state index contributed by atoms with van der Waals surface area (Å²) in [7, 11) is -4.02. The fourth-order valence-corrected chi connectivity index (χ4v) is 11.2. The standard InChI is InChI=1S/C43H54FN5O8S/c1-41(22-23-41)58(54,55)48-39(52)43-21-18-27(43)10-5-3-2-4-6-15-32(45-40(53)56-28-11-7-8-12-28)38(51)49-25-42(24-33(49)37(50)47-43)20-19-30-29-13-9-14-31(44)35(29)46-34(26-16-17-26)36(30)57-42/h5,9-10,13-14,26-28,32-33H,2-4,6-8,11-12,15-25H2,1H3,(H,45,53)(H,47,50)(H,48,52). The van der Waals surface area contributed by atoms with Gasteiger partial charge in [-0.25, -0.2) is 22.6 Å². The highest BCUT2D eigenvalue weighted by Crippen LogP contribution is 2.51. The summed E-state index contributed by atoms with van der Waals surface area (Å²) in [6, 6.07) is 2.81. The lowest BCUT2D eigenvalue weighted by atomic mass is 9.65. The van der Waals surface area contributed by atoms with Crippen molar-refractivity contribution in [3.05, 3.63) is 47.4 Å². The summed E-state index contributed by atoms with van der Waals surface area (Å²) in [4.78, 5) is 63.6. The van der Waals surface area contributed by atoms with E-state index in [2.05, 4.69) is 15.4 Å². The molecule has 4 saturated carbocycles. The molecule has 2 aromatic rings. The molecule has 13 nitrogen and oxygen atoms in total. The molecule has 4 amide bonds. The highest BCUT2D eigenvalue weighted by Gasteiger charge is 2.60. The Kier molecular flexibility index (Phi) is 9.99. The Morgan fingerprint density at radius 1 is 1.00 bits per heavy atom. The normalized spacial score (nSPS) is 31.1. The van der Waals surface area contributed by atoms with Crippen LogP contribution in [-0.4, -0.2) is 82.7 Å². The maximum Gasteiger partial charge on any atom is 0.408 e. The summed E-state index contributed by atoms with van der Waals surface area (Å²) in [5.41, 5.74) is -0.732. The SMILES string of the molecule is CC1(S(=O)(=O)NC(=O)C23CCC2C=CCCCCCC(NC(=O)OC2CCCC2)C(=O)N2CC4(CCc5c(c(C6CC6)nc6c(F)cccc56)O4)CC2C(=O)N3)CC1. The number of carbonyl (C=O) groups excluding carboxylic acids is 4. The van der Waals surface area contributed by atoms with Gasteiger partial charge < -0.3 is 25.0 Å². The summed E-state index contributed by atoms with van der Waals surface area (Å²) < 4.78 is 55.9. The third-order valence-corrected chi connectivity index (χ3v) is 16.3. The molecule has 3 aliphatic heterocycles. The van der Waals surface area contributed by atoms with E-state index in [4.69, 9.17) is 14.5 Å². The fraction of sp³-hybridized carbons (Fsp3) is 0.651. The zero-order valence-electron chi connectivity index (χ0n) is 33.2. The number of benzene rings is 1. The van der Waals surface area contributed by atoms with Gasteiger partial charge in [0.25, 0.3) is 5.91 Å². The molecule has 4 aliphatic carbocycles. The lowest BCUT2D eigenvalue weighted by Crippen LogP contribution is -2.70. The van der Waals surface area contributed by atoms with Crippen LogP contribution in [0.15, 0.2) is 30.4 Å². The van der Waals surface area contributed by atoms with Crippen molar-refractivity contribution in [1.82, 2.24) is 25.2 Å². The maximum absolute atomic E-state index is 15.1. The zero-order valence-corrected chi connectivity index (χ0v) is 34.0. The van der Waals surface area contributed by atoms with Crippen molar-refractivity contribution in [2.45, 2.75) is 162 Å². The molecule has 5 unspecified atom stereocenters. The smallest absolute Gasteiger partial charge is 0.408 e. The second kappa shape index (κ2) is 14.8. The van der Waals surface area contributed by atoms with Crippen LogP contribution in [0.3, 0.4) is 0 Å². The van der Waals surface area contributed by atoms with Crippen LogP contribution in [0.1, 0.15) is 133 Å². The topological polar surface area (TPSA) is 173 Å². The summed E-state index contributed by atoms with van der Waals surface area (Å²) in [6.45, 7) is 1.63. The molecule has 1 saturated heterocycles. The largest absolute Gasteiger partial charge is 0.483 e. The van der Waals surface area contributed by atoms with Gasteiger partial charge >= 0.3 is 6.09 Å². The number of rotatable bonds is 6. The van der Waals surface area contributed by atoms with Crippen molar-refractivity contribution in [1.29, 1.82) is 0 Å². The van der Waals surface area contributed by atoms with Crippen LogP contribution in [0.2, 0.25) is 0 Å². The highest BCUT2D eigenvalue weighted by atomic mass is 32.2. The number of para-hydroxylation sites is 1. The van der Waals surface area contributed by atoms with Gasteiger partial charge in [-0.1, -0.05) is 37.1 Å². The average Bonchev–Trinajstić information content (AvgIpc) is 4.09. The molecule has 312 valence electrons. The number of carbonyl (C=O) groups is 4. The van der Waals surface area contributed by atoms with Crippen molar-refractivity contribution in [2.24, 2.45) is 5.92 Å². The van der Waals surface area contributed by atoms with Crippen LogP contribution >= 0.6 is 0 Å². The number of alkyl carbamates (subject to hydrolysis) is 1. The van der Waals surface area contributed by atoms with Crippen molar-refractivity contribution >= 4 is 44.7 Å². The minimum atomic E-state index is -4.02. The number of fused-ring (bicyclic) bond motifs is 5. The number of aryl methyl sites for hydroxylation is 1. The second-order valence-electron chi connectivity index (χ2n) is 18.3. The van der Waals surface area contributed by atoms with E-state index in [9.17, 15) is 27.6 Å². The molecular formula is C43H54FN5O8S. The lowest BCUT2D eigenvalue weighted by molar-refractivity contribution is -0.144.